The predicted octanol–water partition coefficient (Wildman–Crippen LogP) is 4.43. The van der Waals surface area contributed by atoms with E-state index in [1.165, 1.54) is 21.3 Å². The molecule has 0 heterocycles. The molecule has 0 spiro atoms. The van der Waals surface area contributed by atoms with Crippen LogP contribution in [0.2, 0.25) is 0 Å². The number of nitrogens with zero attached hydrogens (tertiary/aromatic N) is 1. The largest absolute Gasteiger partial charge is 0.301 e. The van der Waals surface area contributed by atoms with Crippen molar-refractivity contribution in [2.45, 2.75) is 31.1 Å². The van der Waals surface area contributed by atoms with Gasteiger partial charge in [-0.2, -0.15) is 8.42 Å². The van der Waals surface area contributed by atoms with Crippen LogP contribution in [0.25, 0.3) is 0 Å². The second-order valence-electron chi connectivity index (χ2n) is 5.96. The maximum atomic E-state index is 10.6. The third kappa shape index (κ3) is 6.17. The van der Waals surface area contributed by atoms with Crippen LogP contribution in [0.3, 0.4) is 0 Å². The first-order valence-electron chi connectivity index (χ1n) is 6.90. The Kier molecular flexibility index (Phi) is 6.87. The lowest BCUT2D eigenvalue weighted by atomic mass is 9.87. The van der Waals surface area contributed by atoms with E-state index in [1.807, 2.05) is 0 Å². The van der Waals surface area contributed by atoms with Gasteiger partial charge in [-0.25, -0.2) is 0 Å². The summed E-state index contributed by atoms with van der Waals surface area (Å²) in [7, 11) is -4.52. The second-order valence-corrected chi connectivity index (χ2v) is 8.59. The average molecular weight is 463 g/mol. The first-order chi connectivity index (χ1) is 10.9. The Hall–Kier alpha value is -1.52. The van der Waals surface area contributed by atoms with Gasteiger partial charge in [0.25, 0.3) is 5.69 Å². The number of benzene rings is 2. The second kappa shape index (κ2) is 8.04. The fourth-order valence-electron chi connectivity index (χ4n) is 1.78. The van der Waals surface area contributed by atoms with Crippen molar-refractivity contribution in [1.29, 1.82) is 0 Å². The van der Waals surface area contributed by atoms with Crippen molar-refractivity contribution in [3.8, 4) is 0 Å². The molecular formula is C16H18INO5S. The molecule has 1 N–H and O–H groups in total. The molecule has 2 aromatic rings. The molecule has 0 saturated heterocycles. The maximum absolute atomic E-state index is 10.6. The van der Waals surface area contributed by atoms with Crippen LogP contribution in [0.1, 0.15) is 26.3 Å². The molecular weight excluding hydrogens is 445 g/mol. The maximum Gasteiger partial charge on any atom is 0.301 e. The summed E-state index contributed by atoms with van der Waals surface area (Å²) in [4.78, 5) is 8.73. The first-order valence-corrected chi connectivity index (χ1v) is 9.42. The number of hydrogen-bond acceptors (Lipinski definition) is 4. The van der Waals surface area contributed by atoms with Crippen LogP contribution in [0.15, 0.2) is 53.4 Å². The van der Waals surface area contributed by atoms with Gasteiger partial charge in [-0.15, -0.1) is 0 Å². The van der Waals surface area contributed by atoms with Crippen molar-refractivity contribution in [3.63, 3.8) is 0 Å². The molecule has 0 bridgehead atoms. The fourth-order valence-corrected chi connectivity index (χ4v) is 2.79. The Morgan fingerprint density at radius 2 is 1.54 bits per heavy atom. The van der Waals surface area contributed by atoms with E-state index in [0.717, 1.165) is 12.1 Å². The van der Waals surface area contributed by atoms with E-state index < -0.39 is 25.6 Å². The molecule has 0 amide bonds. The van der Waals surface area contributed by atoms with Crippen molar-refractivity contribution in [1.82, 2.24) is 0 Å². The number of nitro benzene ring substituents is 1. The highest BCUT2D eigenvalue weighted by Gasteiger charge is 2.22. The third-order valence-electron chi connectivity index (χ3n) is 3.05. The van der Waals surface area contributed by atoms with Gasteiger partial charge in [0.2, 0.25) is 0 Å². The summed E-state index contributed by atoms with van der Waals surface area (Å²) in [5, 5.41) is 10.3. The van der Waals surface area contributed by atoms with Crippen LogP contribution in [-0.2, 0) is 15.5 Å². The summed E-state index contributed by atoms with van der Waals surface area (Å²) in [5.74, 6) is 0. The lowest BCUT2D eigenvalue weighted by Crippen LogP contribution is -2.10. The van der Waals surface area contributed by atoms with Gasteiger partial charge in [0.15, 0.2) is 4.90 Å². The van der Waals surface area contributed by atoms with Crippen LogP contribution < -0.4 is 0 Å². The molecule has 0 unspecified atom stereocenters. The van der Waals surface area contributed by atoms with E-state index in [9.17, 15) is 18.5 Å². The van der Waals surface area contributed by atoms with Gasteiger partial charge in [0.1, 0.15) is 0 Å². The predicted molar refractivity (Wildman–Crippen MR) is 101 cm³/mol. The van der Waals surface area contributed by atoms with Crippen LogP contribution in [0.5, 0.6) is 0 Å². The van der Waals surface area contributed by atoms with Crippen molar-refractivity contribution in [3.05, 3.63) is 67.8 Å². The highest BCUT2D eigenvalue weighted by Crippen LogP contribution is 2.23. The van der Waals surface area contributed by atoms with Gasteiger partial charge in [0.05, 0.1) is 4.92 Å². The Labute approximate surface area is 154 Å². The van der Waals surface area contributed by atoms with Gasteiger partial charge >= 0.3 is 10.1 Å². The Morgan fingerprint density at radius 3 is 1.92 bits per heavy atom. The van der Waals surface area contributed by atoms with E-state index in [0.29, 0.717) is 0 Å². The summed E-state index contributed by atoms with van der Waals surface area (Å²) in [6, 6.07) is 13.3. The van der Waals surface area contributed by atoms with E-state index in [2.05, 4.69) is 67.6 Å². The molecule has 0 saturated carbocycles. The molecule has 0 aliphatic carbocycles. The van der Waals surface area contributed by atoms with Gasteiger partial charge in [-0.05, 0) is 51.8 Å². The minimum absolute atomic E-state index is 0.282. The lowest BCUT2D eigenvalue weighted by molar-refractivity contribution is -0.387. The molecule has 0 aliphatic rings. The number of rotatable bonds is 2. The smallest absolute Gasteiger partial charge is 0.282 e. The summed E-state index contributed by atoms with van der Waals surface area (Å²) in [5.41, 5.74) is 1.05. The number of nitro groups is 1. The van der Waals surface area contributed by atoms with E-state index in [4.69, 9.17) is 4.55 Å². The Morgan fingerprint density at radius 1 is 1.04 bits per heavy atom. The first kappa shape index (κ1) is 20.5. The van der Waals surface area contributed by atoms with Gasteiger partial charge in [-0.3, -0.25) is 14.7 Å². The van der Waals surface area contributed by atoms with Crippen LogP contribution >= 0.6 is 22.6 Å². The molecule has 24 heavy (non-hydrogen) atoms. The molecule has 130 valence electrons. The molecule has 0 aliphatic heterocycles. The minimum Gasteiger partial charge on any atom is -0.282 e. The van der Waals surface area contributed by atoms with E-state index in [-0.39, 0.29) is 5.41 Å². The van der Waals surface area contributed by atoms with Crippen molar-refractivity contribution >= 4 is 38.4 Å². The van der Waals surface area contributed by atoms with Crippen molar-refractivity contribution < 1.29 is 17.9 Å². The monoisotopic (exact) mass is 463 g/mol. The van der Waals surface area contributed by atoms with Gasteiger partial charge in [0, 0.05) is 9.64 Å². The number of hydrogen-bond donors (Lipinski definition) is 1. The number of para-hydroxylation sites is 1. The summed E-state index contributed by atoms with van der Waals surface area (Å²) >= 11 is 2.32. The zero-order valence-electron chi connectivity index (χ0n) is 13.4. The third-order valence-corrected chi connectivity index (χ3v) is 4.67. The molecule has 2 aromatic carbocycles. The normalized spacial score (nSPS) is 11.4. The minimum atomic E-state index is -4.52. The zero-order valence-corrected chi connectivity index (χ0v) is 16.4. The molecule has 2 rings (SSSR count). The van der Waals surface area contributed by atoms with Gasteiger partial charge < -0.3 is 0 Å². The quantitative estimate of drug-likeness (QED) is 0.308. The lowest BCUT2D eigenvalue weighted by Gasteiger charge is -2.18. The summed E-state index contributed by atoms with van der Waals surface area (Å²) in [6.45, 7) is 6.69. The standard InChI is InChI=1S/C10H13I.C6H5NO5S/c1-10(2,3)8-4-6-9(11)7-5-8;8-7(9)5-3-1-2-4-6(5)13(10,11)12/h4-7H,1-3H3;1-4H,(H,10,11,12). The molecule has 0 radical (unpaired) electrons. The van der Waals surface area contributed by atoms with Crippen LogP contribution in [-0.4, -0.2) is 17.9 Å². The molecule has 0 atom stereocenters. The Bertz CT molecular complexity index is 811. The SMILES string of the molecule is CC(C)(C)c1ccc(I)cc1.O=[N+]([O-])c1ccccc1S(=O)(=O)O. The highest BCUT2D eigenvalue weighted by molar-refractivity contribution is 14.1. The highest BCUT2D eigenvalue weighted by atomic mass is 127. The topological polar surface area (TPSA) is 97.5 Å². The fraction of sp³-hybridized carbons (Fsp3) is 0.250. The van der Waals surface area contributed by atoms with Crippen molar-refractivity contribution in [2.75, 3.05) is 0 Å². The van der Waals surface area contributed by atoms with E-state index in [1.54, 1.807) is 0 Å². The molecule has 0 fully saturated rings. The average Bonchev–Trinajstić information content (AvgIpc) is 2.46. The summed E-state index contributed by atoms with van der Waals surface area (Å²) < 4.78 is 31.1. The van der Waals surface area contributed by atoms with Crippen LogP contribution in [0, 0.1) is 13.7 Å². The Balaban J connectivity index is 0.000000243. The molecule has 0 aromatic heterocycles. The zero-order chi connectivity index (χ0) is 18.5. The van der Waals surface area contributed by atoms with Crippen LogP contribution in [0.4, 0.5) is 5.69 Å². The molecule has 8 heteroatoms. The molecule has 6 nitrogen and oxygen atoms in total. The number of halogens is 1. The van der Waals surface area contributed by atoms with E-state index >= 15 is 0 Å². The van der Waals surface area contributed by atoms with Crippen molar-refractivity contribution in [2.24, 2.45) is 0 Å². The summed E-state index contributed by atoms with van der Waals surface area (Å²) in [6.07, 6.45) is 0. The van der Waals surface area contributed by atoms with Gasteiger partial charge in [-0.1, -0.05) is 45.0 Å².